The zero-order valence-electron chi connectivity index (χ0n) is 42.2. The molecule has 0 bridgehead atoms. The standard InChI is InChI=1S/C64H58N2O4/c1-61(2,3)37-21-13-33(14-22-37)41-29-45-49-46(58(68)65-57(45)67)31-43(35-17-25-39(26-18-35)63(7,8)9)53-54-44(36-19-27-40(28-20-36)64(10,11)12)32-48-50-47(59(69)66-60(48)70)30-42(52(56(50)54)51(41)55(49)53)34-15-23-38(24-16-34)62(4,5)6/h13-32H,1-12H3,(H,65,67,68)(H,66,69,70). The Hall–Kier alpha value is -7.44. The van der Waals surface area contributed by atoms with Crippen molar-refractivity contribution in [1.82, 2.24) is 10.6 Å². The first kappa shape index (κ1) is 45.0. The van der Waals surface area contributed by atoms with Crippen LogP contribution in [-0.4, -0.2) is 23.6 Å². The maximum Gasteiger partial charge on any atom is 0.258 e. The van der Waals surface area contributed by atoms with Gasteiger partial charge in [-0.25, -0.2) is 0 Å². The van der Waals surface area contributed by atoms with E-state index >= 15 is 0 Å². The topological polar surface area (TPSA) is 92.3 Å². The molecule has 0 saturated carbocycles. The summed E-state index contributed by atoms with van der Waals surface area (Å²) in [6.45, 7) is 26.3. The first-order valence-electron chi connectivity index (χ1n) is 24.4. The third kappa shape index (κ3) is 6.89. The molecule has 9 aromatic carbocycles. The maximum absolute atomic E-state index is 14.5. The van der Waals surface area contributed by atoms with E-state index in [9.17, 15) is 19.2 Å². The highest BCUT2D eigenvalue weighted by molar-refractivity contribution is 6.47. The average molecular weight is 919 g/mol. The molecule has 2 aliphatic heterocycles. The molecule has 348 valence electrons. The summed E-state index contributed by atoms with van der Waals surface area (Å²) in [5.74, 6) is -1.84. The molecule has 0 radical (unpaired) electrons. The van der Waals surface area contributed by atoms with Crippen LogP contribution in [0, 0.1) is 0 Å². The zero-order chi connectivity index (χ0) is 49.7. The summed E-state index contributed by atoms with van der Waals surface area (Å²) in [6, 6.07) is 42.1. The maximum atomic E-state index is 14.5. The van der Waals surface area contributed by atoms with Crippen LogP contribution in [0.2, 0.25) is 0 Å². The zero-order valence-corrected chi connectivity index (χ0v) is 42.2. The summed E-state index contributed by atoms with van der Waals surface area (Å²) in [7, 11) is 0. The van der Waals surface area contributed by atoms with Gasteiger partial charge in [0.15, 0.2) is 0 Å². The highest BCUT2D eigenvalue weighted by Crippen LogP contribution is 2.56. The summed E-state index contributed by atoms with van der Waals surface area (Å²) in [4.78, 5) is 58.0. The van der Waals surface area contributed by atoms with Crippen molar-refractivity contribution in [2.24, 2.45) is 0 Å². The van der Waals surface area contributed by atoms with Crippen molar-refractivity contribution in [2.45, 2.75) is 105 Å². The lowest BCUT2D eigenvalue weighted by Gasteiger charge is -2.30. The number of fused-ring (bicyclic) bond motifs is 2. The normalized spacial score (nSPS) is 14.3. The first-order valence-corrected chi connectivity index (χ1v) is 24.4. The van der Waals surface area contributed by atoms with E-state index in [-0.39, 0.29) is 21.7 Å². The molecule has 4 amide bonds. The second kappa shape index (κ2) is 15.0. The van der Waals surface area contributed by atoms with E-state index in [0.717, 1.165) is 99.1 Å². The molecule has 0 aliphatic carbocycles. The molecular weight excluding hydrogens is 861 g/mol. The Kier molecular flexibility index (Phi) is 9.67. The highest BCUT2D eigenvalue weighted by atomic mass is 16.2. The molecule has 0 atom stereocenters. The summed E-state index contributed by atoms with van der Waals surface area (Å²) in [5, 5.41) is 11.5. The minimum absolute atomic E-state index is 0.117. The smallest absolute Gasteiger partial charge is 0.258 e. The van der Waals surface area contributed by atoms with Crippen LogP contribution in [-0.2, 0) is 21.7 Å². The SMILES string of the molecule is CC(C)(C)c1ccc(-c2cc3c4c(cc(-c5ccc(C(C)(C)C)cc5)c5c6c(-c7ccc(C(C)(C)C)cc7)cc7c8c(cc(-c9ccc(C(C)(C)C)cc9)c(c2c45)c86)C(=O)NC7=O)C(=O)NC3=O)cc1. The van der Waals surface area contributed by atoms with Crippen molar-refractivity contribution in [2.75, 3.05) is 0 Å². The van der Waals surface area contributed by atoms with Gasteiger partial charge in [0.05, 0.1) is 0 Å². The van der Waals surface area contributed by atoms with E-state index in [2.05, 4.69) is 191 Å². The molecule has 11 rings (SSSR count). The predicted molar refractivity (Wildman–Crippen MR) is 288 cm³/mol. The third-order valence-corrected chi connectivity index (χ3v) is 15.0. The Morgan fingerprint density at radius 2 is 0.429 bits per heavy atom. The van der Waals surface area contributed by atoms with Crippen molar-refractivity contribution in [3.8, 4) is 44.5 Å². The Labute approximate surface area is 409 Å². The van der Waals surface area contributed by atoms with E-state index in [4.69, 9.17) is 0 Å². The van der Waals surface area contributed by atoms with E-state index in [1.807, 2.05) is 24.3 Å². The first-order chi connectivity index (χ1) is 32.9. The number of rotatable bonds is 4. The number of hydrogen-bond acceptors (Lipinski definition) is 4. The fraction of sp³-hybridized carbons (Fsp3) is 0.250. The van der Waals surface area contributed by atoms with Crippen molar-refractivity contribution in [1.29, 1.82) is 0 Å². The molecule has 2 N–H and O–H groups in total. The van der Waals surface area contributed by atoms with Crippen LogP contribution in [0.5, 0.6) is 0 Å². The second-order valence-corrected chi connectivity index (χ2v) is 23.8. The van der Waals surface area contributed by atoms with Crippen molar-refractivity contribution >= 4 is 66.7 Å². The molecule has 0 aromatic heterocycles. The molecule has 2 aliphatic rings. The van der Waals surface area contributed by atoms with Gasteiger partial charge >= 0.3 is 0 Å². The second-order valence-electron chi connectivity index (χ2n) is 23.8. The van der Waals surface area contributed by atoms with Crippen LogP contribution in [0.1, 0.15) is 147 Å². The largest absolute Gasteiger partial charge is 0.288 e. The number of amides is 4. The lowest BCUT2D eigenvalue weighted by molar-refractivity contribution is 0.0828. The molecule has 2 heterocycles. The molecule has 0 unspecified atom stereocenters. The lowest BCUT2D eigenvalue weighted by Crippen LogP contribution is -2.35. The quantitative estimate of drug-likeness (QED) is 0.104. The number of nitrogens with one attached hydrogen (secondary N) is 2. The molecular formula is C64H58N2O4. The van der Waals surface area contributed by atoms with Gasteiger partial charge in [0, 0.05) is 43.8 Å². The van der Waals surface area contributed by atoms with Crippen molar-refractivity contribution in [3.63, 3.8) is 0 Å². The van der Waals surface area contributed by atoms with Gasteiger partial charge in [-0.05, 0) is 134 Å². The van der Waals surface area contributed by atoms with Gasteiger partial charge in [-0.1, -0.05) is 180 Å². The van der Waals surface area contributed by atoms with Crippen LogP contribution >= 0.6 is 0 Å². The molecule has 6 heteroatoms. The van der Waals surface area contributed by atoms with Gasteiger partial charge in [-0.2, -0.15) is 0 Å². The van der Waals surface area contributed by atoms with Gasteiger partial charge in [0.2, 0.25) is 0 Å². The molecule has 0 fully saturated rings. The van der Waals surface area contributed by atoms with E-state index in [1.165, 1.54) is 0 Å². The Morgan fingerprint density at radius 3 is 0.600 bits per heavy atom. The van der Waals surface area contributed by atoms with Crippen LogP contribution in [0.15, 0.2) is 121 Å². The Morgan fingerprint density at radius 1 is 0.243 bits per heavy atom. The van der Waals surface area contributed by atoms with Gasteiger partial charge < -0.3 is 0 Å². The van der Waals surface area contributed by atoms with Crippen LogP contribution < -0.4 is 10.6 Å². The Balaban J connectivity index is 1.46. The molecule has 70 heavy (non-hydrogen) atoms. The summed E-state index contributed by atoms with van der Waals surface area (Å²) >= 11 is 0. The van der Waals surface area contributed by atoms with Crippen LogP contribution in [0.25, 0.3) is 87.6 Å². The van der Waals surface area contributed by atoms with Crippen LogP contribution in [0.3, 0.4) is 0 Å². The van der Waals surface area contributed by atoms with E-state index < -0.39 is 23.6 Å². The average Bonchev–Trinajstić information content (AvgIpc) is 3.30. The fourth-order valence-corrected chi connectivity index (χ4v) is 11.0. The summed E-state index contributed by atoms with van der Waals surface area (Å²) in [5.41, 5.74) is 12.6. The number of carbonyl (C=O) groups excluding carboxylic acids is 4. The molecule has 0 spiro atoms. The predicted octanol–water partition coefficient (Wildman–Crippen LogP) is 15.4. The molecule has 0 saturated heterocycles. The van der Waals surface area contributed by atoms with Crippen LogP contribution in [0.4, 0.5) is 0 Å². The number of hydrogen-bond donors (Lipinski definition) is 2. The van der Waals surface area contributed by atoms with Gasteiger partial charge in [0.1, 0.15) is 0 Å². The van der Waals surface area contributed by atoms with Crippen molar-refractivity contribution < 1.29 is 19.2 Å². The third-order valence-electron chi connectivity index (χ3n) is 15.0. The Bertz CT molecular complexity index is 3260. The number of benzene rings is 9. The fourth-order valence-electron chi connectivity index (χ4n) is 11.0. The minimum atomic E-state index is -0.459. The minimum Gasteiger partial charge on any atom is -0.288 e. The number of carbonyl (C=O) groups is 4. The molecule has 6 nitrogen and oxygen atoms in total. The van der Waals surface area contributed by atoms with E-state index in [0.29, 0.717) is 33.0 Å². The van der Waals surface area contributed by atoms with Gasteiger partial charge in [-0.3, -0.25) is 29.8 Å². The number of imide groups is 2. The van der Waals surface area contributed by atoms with Gasteiger partial charge in [-0.15, -0.1) is 0 Å². The molecule has 9 aromatic rings. The van der Waals surface area contributed by atoms with Gasteiger partial charge in [0.25, 0.3) is 23.6 Å². The lowest BCUT2D eigenvalue weighted by atomic mass is 9.74. The summed E-state index contributed by atoms with van der Waals surface area (Å²) < 4.78 is 0. The van der Waals surface area contributed by atoms with E-state index in [1.54, 1.807) is 0 Å². The monoisotopic (exact) mass is 918 g/mol. The van der Waals surface area contributed by atoms with Crippen molar-refractivity contribution in [3.05, 3.63) is 166 Å². The summed E-state index contributed by atoms with van der Waals surface area (Å²) in [6.07, 6.45) is 0. The highest BCUT2D eigenvalue weighted by Gasteiger charge is 2.37.